The van der Waals surface area contributed by atoms with E-state index in [1.165, 1.54) is 6.42 Å². The maximum atomic E-state index is 12.0. The van der Waals surface area contributed by atoms with Crippen molar-refractivity contribution in [1.82, 2.24) is 4.90 Å². The van der Waals surface area contributed by atoms with Gasteiger partial charge in [-0.3, -0.25) is 4.79 Å². The minimum absolute atomic E-state index is 0.173. The highest BCUT2D eigenvalue weighted by Gasteiger charge is 2.40. The fourth-order valence-electron chi connectivity index (χ4n) is 2.53. The number of hydrogen-bond acceptors (Lipinski definition) is 3. The van der Waals surface area contributed by atoms with Crippen molar-refractivity contribution >= 4 is 5.91 Å². The van der Waals surface area contributed by atoms with Crippen LogP contribution in [-0.4, -0.2) is 47.8 Å². The lowest BCUT2D eigenvalue weighted by Crippen LogP contribution is -2.47. The van der Waals surface area contributed by atoms with Gasteiger partial charge in [0.25, 0.3) is 0 Å². The Kier molecular flexibility index (Phi) is 3.50. The van der Waals surface area contributed by atoms with Gasteiger partial charge >= 0.3 is 0 Å². The average Bonchev–Trinajstić information content (AvgIpc) is 2.24. The predicted molar refractivity (Wildman–Crippen MR) is 60.0 cm³/mol. The molecule has 0 radical (unpaired) electrons. The Labute approximate surface area is 96.6 Å². The lowest BCUT2D eigenvalue weighted by molar-refractivity contribution is -0.145. The first-order valence-corrected chi connectivity index (χ1v) is 6.16. The van der Waals surface area contributed by atoms with Gasteiger partial charge in [-0.1, -0.05) is 0 Å². The first-order chi connectivity index (χ1) is 7.65. The molecule has 1 N–H and O–H groups in total. The Balaban J connectivity index is 1.83. The molecule has 1 aliphatic carbocycles. The van der Waals surface area contributed by atoms with Crippen molar-refractivity contribution in [2.24, 2.45) is 0 Å². The molecule has 2 aliphatic rings. The Morgan fingerprint density at radius 1 is 1.44 bits per heavy atom. The largest absolute Gasteiger partial charge is 0.393 e. The number of piperidine rings is 1. The molecule has 1 saturated heterocycles. The summed E-state index contributed by atoms with van der Waals surface area (Å²) in [6.45, 7) is 1.39. The number of nitrogens with zero attached hydrogens (tertiary/aromatic N) is 1. The van der Waals surface area contributed by atoms with Gasteiger partial charge in [-0.25, -0.2) is 0 Å². The lowest BCUT2D eigenvalue weighted by atomic mass is 9.77. The van der Waals surface area contributed by atoms with Gasteiger partial charge in [0.05, 0.1) is 18.1 Å². The van der Waals surface area contributed by atoms with Gasteiger partial charge in [-0.05, 0) is 32.1 Å². The summed E-state index contributed by atoms with van der Waals surface area (Å²) in [5, 5.41) is 9.38. The smallest absolute Gasteiger partial charge is 0.225 e. The molecule has 0 spiro atoms. The minimum atomic E-state index is -0.218. The van der Waals surface area contributed by atoms with Crippen LogP contribution in [0.4, 0.5) is 0 Å². The summed E-state index contributed by atoms with van der Waals surface area (Å²) < 4.78 is 5.46. The monoisotopic (exact) mass is 227 g/mol. The first kappa shape index (κ1) is 11.9. The van der Waals surface area contributed by atoms with Gasteiger partial charge in [0, 0.05) is 20.2 Å². The molecule has 0 bridgehead atoms. The molecule has 4 heteroatoms. The van der Waals surface area contributed by atoms with Gasteiger partial charge in [-0.2, -0.15) is 0 Å². The minimum Gasteiger partial charge on any atom is -0.393 e. The molecule has 2 fully saturated rings. The molecule has 92 valence electrons. The highest BCUT2D eigenvalue weighted by Crippen LogP contribution is 2.38. The molecule has 16 heavy (non-hydrogen) atoms. The first-order valence-electron chi connectivity index (χ1n) is 6.16. The normalized spacial score (nSPS) is 25.2. The topological polar surface area (TPSA) is 49.8 Å². The number of aliphatic hydroxyl groups is 1. The third-order valence-electron chi connectivity index (χ3n) is 3.99. The quantitative estimate of drug-likeness (QED) is 0.780. The second-order valence-electron chi connectivity index (χ2n) is 5.03. The van der Waals surface area contributed by atoms with Crippen LogP contribution in [0.3, 0.4) is 0 Å². The molecule has 0 aromatic rings. The van der Waals surface area contributed by atoms with E-state index in [1.54, 1.807) is 7.11 Å². The van der Waals surface area contributed by atoms with E-state index in [0.29, 0.717) is 32.4 Å². The average molecular weight is 227 g/mol. The molecule has 1 amide bonds. The second kappa shape index (κ2) is 4.72. The van der Waals surface area contributed by atoms with Gasteiger partial charge in [-0.15, -0.1) is 0 Å². The van der Waals surface area contributed by atoms with Crippen molar-refractivity contribution in [3.05, 3.63) is 0 Å². The van der Waals surface area contributed by atoms with Crippen molar-refractivity contribution in [2.45, 2.75) is 50.2 Å². The fourth-order valence-corrected chi connectivity index (χ4v) is 2.53. The summed E-state index contributed by atoms with van der Waals surface area (Å²) in [5.41, 5.74) is -0.173. The molecule has 2 rings (SSSR count). The van der Waals surface area contributed by atoms with E-state index in [9.17, 15) is 9.90 Å². The van der Waals surface area contributed by atoms with Crippen LogP contribution in [0.25, 0.3) is 0 Å². The Hall–Kier alpha value is -0.610. The molecule has 4 nitrogen and oxygen atoms in total. The van der Waals surface area contributed by atoms with Crippen molar-refractivity contribution in [1.29, 1.82) is 0 Å². The molecule has 1 saturated carbocycles. The predicted octanol–water partition coefficient (Wildman–Crippen LogP) is 0.929. The van der Waals surface area contributed by atoms with Gasteiger partial charge < -0.3 is 14.7 Å². The number of methoxy groups -OCH3 is 1. The second-order valence-corrected chi connectivity index (χ2v) is 5.03. The molecule has 0 unspecified atom stereocenters. The highest BCUT2D eigenvalue weighted by atomic mass is 16.5. The van der Waals surface area contributed by atoms with Crippen LogP contribution in [0, 0.1) is 0 Å². The Morgan fingerprint density at radius 3 is 2.50 bits per heavy atom. The van der Waals surface area contributed by atoms with Crippen LogP contribution in [0.2, 0.25) is 0 Å². The number of carbonyl (C=O) groups is 1. The number of ether oxygens (including phenoxy) is 1. The third kappa shape index (κ3) is 2.38. The fraction of sp³-hybridized carbons (Fsp3) is 0.917. The zero-order valence-electron chi connectivity index (χ0n) is 9.95. The van der Waals surface area contributed by atoms with Crippen molar-refractivity contribution in [2.75, 3.05) is 20.2 Å². The van der Waals surface area contributed by atoms with Gasteiger partial charge in [0.15, 0.2) is 0 Å². The summed E-state index contributed by atoms with van der Waals surface area (Å²) in [7, 11) is 1.70. The molecule has 0 aromatic carbocycles. The summed E-state index contributed by atoms with van der Waals surface area (Å²) in [4.78, 5) is 13.9. The van der Waals surface area contributed by atoms with E-state index in [-0.39, 0.29) is 17.6 Å². The van der Waals surface area contributed by atoms with Crippen LogP contribution in [0.15, 0.2) is 0 Å². The Bertz CT molecular complexity index is 249. The number of carbonyl (C=O) groups excluding carboxylic acids is 1. The molecule has 1 aliphatic heterocycles. The molecule has 0 atom stereocenters. The van der Waals surface area contributed by atoms with Gasteiger partial charge in [0.2, 0.25) is 5.91 Å². The van der Waals surface area contributed by atoms with Crippen LogP contribution >= 0.6 is 0 Å². The van der Waals surface area contributed by atoms with E-state index in [4.69, 9.17) is 4.74 Å². The number of amides is 1. The summed E-state index contributed by atoms with van der Waals surface area (Å²) >= 11 is 0. The van der Waals surface area contributed by atoms with E-state index in [0.717, 1.165) is 12.8 Å². The number of hydrogen-bond donors (Lipinski definition) is 1. The highest BCUT2D eigenvalue weighted by molar-refractivity contribution is 5.77. The third-order valence-corrected chi connectivity index (χ3v) is 3.99. The number of rotatable bonds is 3. The summed E-state index contributed by atoms with van der Waals surface area (Å²) in [6.07, 6.45) is 4.90. The number of aliphatic hydroxyl groups excluding tert-OH is 1. The molecular formula is C12H21NO3. The van der Waals surface area contributed by atoms with E-state index >= 15 is 0 Å². The van der Waals surface area contributed by atoms with Crippen molar-refractivity contribution in [3.8, 4) is 0 Å². The van der Waals surface area contributed by atoms with Crippen LogP contribution < -0.4 is 0 Å². The zero-order chi connectivity index (χ0) is 11.6. The molecule has 0 aromatic heterocycles. The number of likely N-dealkylation sites (tertiary alicyclic amines) is 1. The summed E-state index contributed by atoms with van der Waals surface area (Å²) in [6, 6.07) is 0. The van der Waals surface area contributed by atoms with E-state index in [2.05, 4.69) is 0 Å². The summed E-state index contributed by atoms with van der Waals surface area (Å²) in [5.74, 6) is 0.188. The van der Waals surface area contributed by atoms with E-state index in [1.807, 2.05) is 4.90 Å². The van der Waals surface area contributed by atoms with Crippen molar-refractivity contribution < 1.29 is 14.6 Å². The zero-order valence-corrected chi connectivity index (χ0v) is 9.95. The molecule has 1 heterocycles. The van der Waals surface area contributed by atoms with Crippen LogP contribution in [-0.2, 0) is 9.53 Å². The molecular weight excluding hydrogens is 206 g/mol. The SMILES string of the molecule is COC1(CC(=O)N2CCC(O)CC2)CCC1. The van der Waals surface area contributed by atoms with Gasteiger partial charge in [0.1, 0.15) is 0 Å². The van der Waals surface area contributed by atoms with Crippen LogP contribution in [0.5, 0.6) is 0 Å². The maximum absolute atomic E-state index is 12.0. The van der Waals surface area contributed by atoms with E-state index < -0.39 is 0 Å². The maximum Gasteiger partial charge on any atom is 0.225 e. The Morgan fingerprint density at radius 2 is 2.06 bits per heavy atom. The van der Waals surface area contributed by atoms with Crippen molar-refractivity contribution in [3.63, 3.8) is 0 Å². The van der Waals surface area contributed by atoms with Crippen LogP contribution in [0.1, 0.15) is 38.5 Å². The standard InChI is InChI=1S/C12H21NO3/c1-16-12(5-2-6-12)9-11(15)13-7-3-10(14)4-8-13/h10,14H,2-9H2,1H3. The lowest BCUT2D eigenvalue weighted by Gasteiger charge is -2.41.